The van der Waals surface area contributed by atoms with Gasteiger partial charge in [0.15, 0.2) is 0 Å². The van der Waals surface area contributed by atoms with Gasteiger partial charge in [-0.25, -0.2) is 0 Å². The van der Waals surface area contributed by atoms with Crippen molar-refractivity contribution in [3.05, 3.63) is 20.8 Å². The van der Waals surface area contributed by atoms with E-state index in [9.17, 15) is 10.1 Å². The van der Waals surface area contributed by atoms with Gasteiger partial charge < -0.3 is 10.1 Å². The van der Waals surface area contributed by atoms with E-state index in [-0.39, 0.29) is 5.82 Å². The lowest BCUT2D eigenvalue weighted by Gasteiger charge is -2.29. The SMILES string of the molecule is CC1CC(C)CC(n2cc(Br)c([N+](=O)[O-])n2)C1. The molecule has 0 radical (unpaired) electrons. The smallest absolute Gasteiger partial charge is 0.358 e. The largest absolute Gasteiger partial charge is 0.404 e. The van der Waals surface area contributed by atoms with E-state index < -0.39 is 4.92 Å². The van der Waals surface area contributed by atoms with Crippen LogP contribution in [0.15, 0.2) is 10.7 Å². The van der Waals surface area contributed by atoms with Crippen LogP contribution in [0.25, 0.3) is 0 Å². The summed E-state index contributed by atoms with van der Waals surface area (Å²) >= 11 is 3.19. The molecule has 0 aliphatic heterocycles. The molecule has 1 aliphatic rings. The van der Waals surface area contributed by atoms with Gasteiger partial charge in [-0.3, -0.25) is 0 Å². The first-order chi connectivity index (χ1) is 7.97. The van der Waals surface area contributed by atoms with Crippen molar-refractivity contribution in [3.8, 4) is 0 Å². The molecule has 2 unspecified atom stereocenters. The molecule has 0 aromatic carbocycles. The fourth-order valence-corrected chi connectivity index (χ4v) is 3.22. The van der Waals surface area contributed by atoms with Crippen molar-refractivity contribution in [2.24, 2.45) is 11.8 Å². The Kier molecular flexibility index (Phi) is 3.51. The molecule has 5 nitrogen and oxygen atoms in total. The molecule has 1 saturated carbocycles. The zero-order valence-corrected chi connectivity index (χ0v) is 11.6. The minimum absolute atomic E-state index is 0.0871. The molecule has 1 aliphatic carbocycles. The van der Waals surface area contributed by atoms with Gasteiger partial charge in [0.2, 0.25) is 0 Å². The predicted octanol–water partition coefficient (Wildman–Crippen LogP) is 3.55. The van der Waals surface area contributed by atoms with E-state index >= 15 is 0 Å². The van der Waals surface area contributed by atoms with E-state index in [0.717, 1.165) is 12.8 Å². The van der Waals surface area contributed by atoms with Gasteiger partial charge in [-0.2, -0.15) is 4.68 Å². The van der Waals surface area contributed by atoms with Gasteiger partial charge in [0.05, 0.1) is 17.3 Å². The molecule has 1 fully saturated rings. The van der Waals surface area contributed by atoms with Gasteiger partial charge in [0.1, 0.15) is 4.47 Å². The summed E-state index contributed by atoms with van der Waals surface area (Å²) < 4.78 is 2.22. The van der Waals surface area contributed by atoms with Crippen LogP contribution in [0.3, 0.4) is 0 Å². The molecular formula is C11H16BrN3O2. The third-order valence-electron chi connectivity index (χ3n) is 3.37. The van der Waals surface area contributed by atoms with Crippen molar-refractivity contribution in [2.75, 3.05) is 0 Å². The first kappa shape index (κ1) is 12.5. The standard InChI is InChI=1S/C11H16BrN3O2/c1-7-3-8(2)5-9(4-7)14-6-10(12)11(13-14)15(16)17/h6-9H,3-5H2,1-2H3. The predicted molar refractivity (Wildman–Crippen MR) is 67.8 cm³/mol. The van der Waals surface area contributed by atoms with E-state index in [0.29, 0.717) is 22.4 Å². The molecule has 1 heterocycles. The maximum atomic E-state index is 10.7. The molecule has 17 heavy (non-hydrogen) atoms. The highest BCUT2D eigenvalue weighted by Crippen LogP contribution is 2.37. The lowest BCUT2D eigenvalue weighted by Crippen LogP contribution is -2.23. The van der Waals surface area contributed by atoms with Crippen molar-refractivity contribution in [1.82, 2.24) is 9.78 Å². The molecule has 94 valence electrons. The first-order valence-electron chi connectivity index (χ1n) is 5.86. The number of hydrogen-bond donors (Lipinski definition) is 0. The van der Waals surface area contributed by atoms with E-state index in [1.165, 1.54) is 6.42 Å². The zero-order valence-electron chi connectivity index (χ0n) is 9.97. The van der Waals surface area contributed by atoms with Crippen LogP contribution in [0.1, 0.15) is 39.2 Å². The summed E-state index contributed by atoms with van der Waals surface area (Å²) in [7, 11) is 0. The topological polar surface area (TPSA) is 61.0 Å². The summed E-state index contributed by atoms with van der Waals surface area (Å²) in [5, 5.41) is 14.8. The maximum absolute atomic E-state index is 10.7. The van der Waals surface area contributed by atoms with Crippen LogP contribution in [0.4, 0.5) is 5.82 Å². The summed E-state index contributed by atoms with van der Waals surface area (Å²) in [4.78, 5) is 10.3. The number of nitrogens with zero attached hydrogens (tertiary/aromatic N) is 3. The Morgan fingerprint density at radius 1 is 1.41 bits per heavy atom. The number of nitro groups is 1. The monoisotopic (exact) mass is 301 g/mol. The average Bonchev–Trinajstić information content (AvgIpc) is 2.59. The molecule has 2 atom stereocenters. The van der Waals surface area contributed by atoms with Crippen LogP contribution in [0.2, 0.25) is 0 Å². The van der Waals surface area contributed by atoms with E-state index in [2.05, 4.69) is 34.9 Å². The van der Waals surface area contributed by atoms with Crippen molar-refractivity contribution >= 4 is 21.7 Å². The molecule has 0 N–H and O–H groups in total. The van der Waals surface area contributed by atoms with Crippen LogP contribution < -0.4 is 0 Å². The summed E-state index contributed by atoms with van der Waals surface area (Å²) in [6.45, 7) is 4.46. The Hall–Kier alpha value is -0.910. The quantitative estimate of drug-likeness (QED) is 0.620. The third kappa shape index (κ3) is 2.68. The van der Waals surface area contributed by atoms with E-state index in [1.807, 2.05) is 0 Å². The second kappa shape index (κ2) is 4.76. The summed E-state index contributed by atoms with van der Waals surface area (Å²) in [5.74, 6) is 1.23. The highest BCUT2D eigenvalue weighted by Gasteiger charge is 2.29. The fourth-order valence-electron chi connectivity index (χ4n) is 2.79. The summed E-state index contributed by atoms with van der Waals surface area (Å²) in [5.41, 5.74) is 0. The molecule has 0 saturated heterocycles. The van der Waals surface area contributed by atoms with Crippen molar-refractivity contribution in [2.45, 2.75) is 39.2 Å². The first-order valence-corrected chi connectivity index (χ1v) is 6.65. The molecule has 0 amide bonds. The maximum Gasteiger partial charge on any atom is 0.404 e. The van der Waals surface area contributed by atoms with Crippen molar-refractivity contribution in [3.63, 3.8) is 0 Å². The molecule has 1 aromatic rings. The van der Waals surface area contributed by atoms with Gasteiger partial charge in [0.25, 0.3) is 0 Å². The van der Waals surface area contributed by atoms with Crippen LogP contribution >= 0.6 is 15.9 Å². The van der Waals surface area contributed by atoms with E-state index in [4.69, 9.17) is 0 Å². The fraction of sp³-hybridized carbons (Fsp3) is 0.727. The molecular weight excluding hydrogens is 286 g/mol. The number of hydrogen-bond acceptors (Lipinski definition) is 3. The summed E-state index contributed by atoms with van der Waals surface area (Å²) in [6, 6.07) is 0.291. The van der Waals surface area contributed by atoms with Gasteiger partial charge in [-0.05, 0) is 52.0 Å². The van der Waals surface area contributed by atoms with Crippen LogP contribution in [-0.4, -0.2) is 14.7 Å². The number of aromatic nitrogens is 2. The van der Waals surface area contributed by atoms with Crippen molar-refractivity contribution in [1.29, 1.82) is 0 Å². The zero-order chi connectivity index (χ0) is 12.6. The molecule has 2 rings (SSSR count). The molecule has 0 spiro atoms. The molecule has 6 heteroatoms. The highest BCUT2D eigenvalue weighted by molar-refractivity contribution is 9.10. The Morgan fingerprint density at radius 2 is 2.00 bits per heavy atom. The minimum atomic E-state index is -0.448. The van der Waals surface area contributed by atoms with Gasteiger partial charge in [0, 0.05) is 0 Å². The van der Waals surface area contributed by atoms with E-state index in [1.54, 1.807) is 10.9 Å². The lowest BCUT2D eigenvalue weighted by molar-refractivity contribution is -0.390. The van der Waals surface area contributed by atoms with Gasteiger partial charge in [-0.15, -0.1) is 0 Å². The normalized spacial score (nSPS) is 29.2. The van der Waals surface area contributed by atoms with Gasteiger partial charge >= 0.3 is 5.82 Å². The number of rotatable bonds is 2. The molecule has 1 aromatic heterocycles. The Bertz CT molecular complexity index is 422. The second-order valence-corrected chi connectivity index (χ2v) is 5.96. The Morgan fingerprint density at radius 3 is 2.47 bits per heavy atom. The van der Waals surface area contributed by atoms with Crippen LogP contribution in [0.5, 0.6) is 0 Å². The Balaban J connectivity index is 2.22. The molecule has 0 bridgehead atoms. The minimum Gasteiger partial charge on any atom is -0.358 e. The Labute approximate surface area is 108 Å². The lowest BCUT2D eigenvalue weighted by atomic mass is 9.80. The van der Waals surface area contributed by atoms with Crippen LogP contribution in [0, 0.1) is 22.0 Å². The average molecular weight is 302 g/mol. The third-order valence-corrected chi connectivity index (χ3v) is 3.93. The van der Waals surface area contributed by atoms with Gasteiger partial charge in [-0.1, -0.05) is 13.8 Å². The van der Waals surface area contributed by atoms with Crippen molar-refractivity contribution < 1.29 is 4.92 Å². The number of halogens is 1. The van der Waals surface area contributed by atoms with Crippen LogP contribution in [-0.2, 0) is 0 Å². The summed E-state index contributed by atoms with van der Waals surface area (Å²) in [6.07, 6.45) is 5.07. The highest BCUT2D eigenvalue weighted by atomic mass is 79.9. The second-order valence-electron chi connectivity index (χ2n) is 5.11.